The van der Waals surface area contributed by atoms with Crippen LogP contribution in [-0.4, -0.2) is 56.2 Å². The average Bonchev–Trinajstić information content (AvgIpc) is 2.73. The van der Waals surface area contributed by atoms with Crippen LogP contribution in [0.1, 0.15) is 40.2 Å². The van der Waals surface area contributed by atoms with Crippen LogP contribution < -0.4 is 15.2 Å². The van der Waals surface area contributed by atoms with E-state index in [2.05, 4.69) is 0 Å². The Labute approximate surface area is 192 Å². The topological polar surface area (TPSA) is 150 Å². The Balaban J connectivity index is 2.83. The zero-order valence-corrected chi connectivity index (χ0v) is 19.5. The summed E-state index contributed by atoms with van der Waals surface area (Å²) >= 11 is 0. The van der Waals surface area contributed by atoms with E-state index in [0.29, 0.717) is 5.56 Å². The Morgan fingerprint density at radius 3 is 1.97 bits per heavy atom. The van der Waals surface area contributed by atoms with E-state index in [9.17, 15) is 19.2 Å². The molecule has 0 aromatic heterocycles. The van der Waals surface area contributed by atoms with Crippen molar-refractivity contribution >= 4 is 24.2 Å². The number of carbonyl (C=O) groups excluding carboxylic acids is 4. The van der Waals surface area contributed by atoms with E-state index in [-0.39, 0.29) is 43.7 Å². The summed E-state index contributed by atoms with van der Waals surface area (Å²) in [4.78, 5) is 47.2. The van der Waals surface area contributed by atoms with Crippen LogP contribution in [-0.2, 0) is 35.0 Å². The molecule has 2 atom stereocenters. The second-order valence-corrected chi connectivity index (χ2v) is 7.19. The zero-order chi connectivity index (χ0) is 25.0. The van der Waals surface area contributed by atoms with Gasteiger partial charge < -0.3 is 34.2 Å². The van der Waals surface area contributed by atoms with E-state index in [0.717, 1.165) is 0 Å². The van der Waals surface area contributed by atoms with Gasteiger partial charge in [0.25, 0.3) is 0 Å². The number of carbonyl (C=O) groups is 4. The highest BCUT2D eigenvalue weighted by molar-refractivity contribution is 5.76. The molecule has 11 heteroatoms. The van der Waals surface area contributed by atoms with E-state index in [1.165, 1.54) is 18.2 Å². The first kappa shape index (κ1) is 27.7. The van der Waals surface area contributed by atoms with Crippen molar-refractivity contribution in [2.24, 2.45) is 11.7 Å². The van der Waals surface area contributed by atoms with Crippen molar-refractivity contribution in [3.8, 4) is 11.5 Å². The van der Waals surface area contributed by atoms with Crippen molar-refractivity contribution in [2.45, 2.75) is 53.2 Å². The maximum atomic E-state index is 12.3. The Hall–Kier alpha value is -3.34. The second kappa shape index (κ2) is 13.9. The fourth-order valence-electron chi connectivity index (χ4n) is 2.34. The van der Waals surface area contributed by atoms with Gasteiger partial charge in [-0.2, -0.15) is 0 Å². The summed E-state index contributed by atoms with van der Waals surface area (Å²) in [6.07, 6.45) is -2.64. The van der Waals surface area contributed by atoms with Gasteiger partial charge in [-0.15, -0.1) is 0 Å². The Kier molecular flexibility index (Phi) is 11.7. The van der Waals surface area contributed by atoms with Gasteiger partial charge in [-0.25, -0.2) is 9.59 Å². The van der Waals surface area contributed by atoms with Crippen molar-refractivity contribution < 1.29 is 47.6 Å². The molecule has 1 aromatic rings. The van der Waals surface area contributed by atoms with Crippen molar-refractivity contribution in [1.82, 2.24) is 0 Å². The van der Waals surface area contributed by atoms with E-state index in [4.69, 9.17) is 34.2 Å². The minimum absolute atomic E-state index is 0.0240. The summed E-state index contributed by atoms with van der Waals surface area (Å²) in [7, 11) is 0. The first-order valence-corrected chi connectivity index (χ1v) is 10.5. The Bertz CT molecular complexity index is 823. The summed E-state index contributed by atoms with van der Waals surface area (Å²) in [5.74, 6) is -1.60. The predicted octanol–water partition coefficient (Wildman–Crippen LogP) is 2.76. The molecule has 0 aliphatic heterocycles. The lowest BCUT2D eigenvalue weighted by atomic mass is 10.1. The van der Waals surface area contributed by atoms with Crippen molar-refractivity contribution in [2.75, 3.05) is 19.8 Å². The highest BCUT2D eigenvalue weighted by atomic mass is 16.7. The van der Waals surface area contributed by atoms with E-state index >= 15 is 0 Å². The number of hydrogen-bond donors (Lipinski definition) is 1. The molecular weight excluding hydrogens is 438 g/mol. The third-order valence-electron chi connectivity index (χ3n) is 3.93. The highest BCUT2D eigenvalue weighted by Gasteiger charge is 2.22. The molecule has 0 heterocycles. The average molecular weight is 469 g/mol. The number of benzene rings is 1. The number of nitrogens with two attached hydrogens (primary N) is 1. The number of ether oxygens (including phenoxy) is 6. The fraction of sp³-hybridized carbons (Fsp3) is 0.545. The summed E-state index contributed by atoms with van der Waals surface area (Å²) < 4.78 is 29.8. The molecule has 0 aliphatic rings. The van der Waals surface area contributed by atoms with Gasteiger partial charge in [-0.3, -0.25) is 9.59 Å². The van der Waals surface area contributed by atoms with Gasteiger partial charge in [0.05, 0.1) is 19.1 Å². The maximum absolute atomic E-state index is 12.3. The molecule has 0 bridgehead atoms. The van der Waals surface area contributed by atoms with Crippen LogP contribution in [0.3, 0.4) is 0 Å². The molecule has 1 aromatic carbocycles. The van der Waals surface area contributed by atoms with Crippen LogP contribution >= 0.6 is 0 Å². The second-order valence-electron chi connectivity index (χ2n) is 7.19. The molecule has 0 saturated carbocycles. The minimum Gasteiger partial charge on any atom is -0.462 e. The molecule has 0 radical (unpaired) electrons. The van der Waals surface area contributed by atoms with Gasteiger partial charge in [0.2, 0.25) is 0 Å². The van der Waals surface area contributed by atoms with E-state index in [1.54, 1.807) is 34.6 Å². The standard InChI is InChI=1S/C22H31NO10/c1-6-28-21(26)32-17-9-8-15(11-18(17)33-22(27)29-7-2)10-16(23)20(25)31-14(5)12-30-19(24)13(3)4/h8-9,11,13-14,16H,6-7,10,12,23H2,1-5H3/t14-,16-/m0/s1. The summed E-state index contributed by atoms with van der Waals surface area (Å²) in [6, 6.07) is 3.23. The van der Waals surface area contributed by atoms with Gasteiger partial charge >= 0.3 is 24.2 Å². The summed E-state index contributed by atoms with van der Waals surface area (Å²) in [6.45, 7) is 8.25. The number of esters is 2. The predicted molar refractivity (Wildman–Crippen MR) is 115 cm³/mol. The van der Waals surface area contributed by atoms with Gasteiger partial charge in [0.1, 0.15) is 18.8 Å². The molecule has 0 unspecified atom stereocenters. The Morgan fingerprint density at radius 2 is 1.42 bits per heavy atom. The third kappa shape index (κ3) is 10.2. The molecule has 0 amide bonds. The van der Waals surface area contributed by atoms with Crippen molar-refractivity contribution in [3.05, 3.63) is 23.8 Å². The van der Waals surface area contributed by atoms with Gasteiger partial charge in [0, 0.05) is 0 Å². The van der Waals surface area contributed by atoms with Crippen LogP contribution in [0.4, 0.5) is 9.59 Å². The van der Waals surface area contributed by atoms with E-state index in [1.807, 2.05) is 0 Å². The van der Waals surface area contributed by atoms with Crippen LogP contribution in [0.2, 0.25) is 0 Å². The fourth-order valence-corrected chi connectivity index (χ4v) is 2.34. The van der Waals surface area contributed by atoms with Crippen LogP contribution in [0.25, 0.3) is 0 Å². The van der Waals surface area contributed by atoms with Gasteiger partial charge in [-0.05, 0) is 44.9 Å². The minimum atomic E-state index is -1.06. The molecule has 33 heavy (non-hydrogen) atoms. The normalized spacial score (nSPS) is 12.3. The number of hydrogen-bond acceptors (Lipinski definition) is 11. The first-order valence-electron chi connectivity index (χ1n) is 10.5. The Morgan fingerprint density at radius 1 is 0.848 bits per heavy atom. The van der Waals surface area contributed by atoms with Crippen LogP contribution in [0.5, 0.6) is 11.5 Å². The lowest BCUT2D eigenvalue weighted by Gasteiger charge is -2.18. The lowest BCUT2D eigenvalue weighted by molar-refractivity contribution is -0.160. The monoisotopic (exact) mass is 469 g/mol. The smallest absolute Gasteiger partial charge is 0.462 e. The molecule has 0 aliphatic carbocycles. The largest absolute Gasteiger partial charge is 0.513 e. The molecule has 1 rings (SSSR count). The molecule has 11 nitrogen and oxygen atoms in total. The SMILES string of the molecule is CCOC(=O)Oc1ccc(C[C@H](N)C(=O)O[C@@H](C)COC(=O)C(C)C)cc1OC(=O)OCC. The quantitative estimate of drug-likeness (QED) is 0.289. The maximum Gasteiger partial charge on any atom is 0.513 e. The molecular formula is C22H31NO10. The van der Waals surface area contributed by atoms with Crippen molar-refractivity contribution in [1.29, 1.82) is 0 Å². The van der Waals surface area contributed by atoms with Crippen LogP contribution in [0, 0.1) is 5.92 Å². The molecule has 0 spiro atoms. The molecule has 0 saturated heterocycles. The first-order chi connectivity index (χ1) is 15.6. The van der Waals surface area contributed by atoms with Gasteiger partial charge in [0.15, 0.2) is 11.5 Å². The lowest BCUT2D eigenvalue weighted by Crippen LogP contribution is -2.37. The van der Waals surface area contributed by atoms with Crippen LogP contribution in [0.15, 0.2) is 18.2 Å². The van der Waals surface area contributed by atoms with E-state index < -0.39 is 36.4 Å². The van der Waals surface area contributed by atoms with Crippen molar-refractivity contribution in [3.63, 3.8) is 0 Å². The molecule has 0 fully saturated rings. The summed E-state index contributed by atoms with van der Waals surface area (Å²) in [5, 5.41) is 0. The summed E-state index contributed by atoms with van der Waals surface area (Å²) in [5.41, 5.74) is 6.43. The number of rotatable bonds is 11. The third-order valence-corrected chi connectivity index (χ3v) is 3.93. The molecule has 184 valence electrons. The van der Waals surface area contributed by atoms with Gasteiger partial charge in [-0.1, -0.05) is 19.9 Å². The molecule has 2 N–H and O–H groups in total. The zero-order valence-electron chi connectivity index (χ0n) is 19.5. The highest BCUT2D eigenvalue weighted by Crippen LogP contribution is 2.30.